The molecule has 112 valence electrons. The van der Waals surface area contributed by atoms with Gasteiger partial charge in [0.05, 0.1) is 0 Å². The van der Waals surface area contributed by atoms with Gasteiger partial charge in [-0.2, -0.15) is 0 Å². The standard InChI is InChI=1S/C15H20F2N2.ClH/c16-13-1-2-14(17)12(9-13)3-7-19-8-5-15(11-19)4-6-18-10-15;/h1-2,9,18H,3-8,10-11H2;1H. The van der Waals surface area contributed by atoms with Gasteiger partial charge in [-0.25, -0.2) is 8.78 Å². The lowest BCUT2D eigenvalue weighted by Crippen LogP contribution is -2.30. The Morgan fingerprint density at radius 1 is 1.25 bits per heavy atom. The van der Waals surface area contributed by atoms with Crippen LogP contribution in [0.3, 0.4) is 0 Å². The SMILES string of the molecule is Cl.Fc1ccc(F)c(CCN2CCC3(CCNC3)C2)c1. The van der Waals surface area contributed by atoms with Crippen molar-refractivity contribution in [2.45, 2.75) is 19.3 Å². The quantitative estimate of drug-likeness (QED) is 0.923. The fourth-order valence-electron chi connectivity index (χ4n) is 3.38. The van der Waals surface area contributed by atoms with Crippen LogP contribution in [0.1, 0.15) is 18.4 Å². The average molecular weight is 303 g/mol. The van der Waals surface area contributed by atoms with Crippen molar-refractivity contribution in [3.8, 4) is 0 Å². The molecule has 0 aliphatic carbocycles. The summed E-state index contributed by atoms with van der Waals surface area (Å²) in [6.45, 7) is 5.22. The lowest BCUT2D eigenvalue weighted by molar-refractivity contribution is 0.276. The molecule has 0 aromatic heterocycles. The lowest BCUT2D eigenvalue weighted by atomic mass is 9.87. The molecule has 1 N–H and O–H groups in total. The molecule has 3 rings (SSSR count). The van der Waals surface area contributed by atoms with E-state index in [1.807, 2.05) is 0 Å². The van der Waals surface area contributed by atoms with Crippen molar-refractivity contribution in [1.29, 1.82) is 0 Å². The van der Waals surface area contributed by atoms with Crippen LogP contribution in [0.25, 0.3) is 0 Å². The minimum Gasteiger partial charge on any atom is -0.316 e. The summed E-state index contributed by atoms with van der Waals surface area (Å²) in [4.78, 5) is 2.39. The Bertz CT molecular complexity index is 461. The summed E-state index contributed by atoms with van der Waals surface area (Å²) in [5.41, 5.74) is 0.936. The minimum atomic E-state index is -0.353. The van der Waals surface area contributed by atoms with Crippen LogP contribution >= 0.6 is 12.4 Å². The van der Waals surface area contributed by atoms with Crippen LogP contribution in [0.2, 0.25) is 0 Å². The Morgan fingerprint density at radius 2 is 2.10 bits per heavy atom. The molecule has 0 bridgehead atoms. The van der Waals surface area contributed by atoms with Gasteiger partial charge in [-0.1, -0.05) is 0 Å². The normalized spacial score (nSPS) is 26.1. The Balaban J connectivity index is 0.00000147. The third-order valence-electron chi connectivity index (χ3n) is 4.55. The van der Waals surface area contributed by atoms with Crippen molar-refractivity contribution in [3.63, 3.8) is 0 Å². The van der Waals surface area contributed by atoms with Crippen LogP contribution in [-0.2, 0) is 6.42 Å². The number of nitrogens with one attached hydrogen (secondary N) is 1. The number of nitrogens with zero attached hydrogens (tertiary/aromatic N) is 1. The van der Waals surface area contributed by atoms with Crippen LogP contribution in [0.4, 0.5) is 8.78 Å². The largest absolute Gasteiger partial charge is 0.316 e. The highest BCUT2D eigenvalue weighted by Crippen LogP contribution is 2.35. The molecule has 1 aromatic rings. The van der Waals surface area contributed by atoms with Crippen molar-refractivity contribution in [3.05, 3.63) is 35.4 Å². The Labute approximate surface area is 124 Å². The molecule has 0 radical (unpaired) electrons. The zero-order valence-electron chi connectivity index (χ0n) is 11.5. The monoisotopic (exact) mass is 302 g/mol. The third-order valence-corrected chi connectivity index (χ3v) is 4.55. The number of benzene rings is 1. The molecule has 1 spiro atoms. The van der Waals surface area contributed by atoms with Gasteiger partial charge in [-0.3, -0.25) is 0 Å². The van der Waals surface area contributed by atoms with Gasteiger partial charge < -0.3 is 10.2 Å². The molecule has 0 saturated carbocycles. The molecule has 2 heterocycles. The highest BCUT2D eigenvalue weighted by molar-refractivity contribution is 5.85. The summed E-state index contributed by atoms with van der Waals surface area (Å²) in [6.07, 6.45) is 3.07. The van der Waals surface area contributed by atoms with Crippen molar-refractivity contribution >= 4 is 12.4 Å². The predicted octanol–water partition coefficient (Wildman–Crippen LogP) is 2.61. The van der Waals surface area contributed by atoms with E-state index in [9.17, 15) is 8.78 Å². The van der Waals surface area contributed by atoms with Crippen LogP contribution in [0, 0.1) is 17.0 Å². The molecule has 2 saturated heterocycles. The van der Waals surface area contributed by atoms with Gasteiger partial charge in [-0.05, 0) is 61.5 Å². The van der Waals surface area contributed by atoms with Crippen LogP contribution < -0.4 is 5.32 Å². The molecule has 1 atom stereocenters. The van der Waals surface area contributed by atoms with Gasteiger partial charge in [0, 0.05) is 19.6 Å². The Kier molecular flexibility index (Phi) is 4.99. The first-order chi connectivity index (χ1) is 9.17. The van der Waals surface area contributed by atoms with E-state index in [2.05, 4.69) is 10.2 Å². The fourth-order valence-corrected chi connectivity index (χ4v) is 3.38. The summed E-state index contributed by atoms with van der Waals surface area (Å²) in [5, 5.41) is 3.43. The zero-order valence-corrected chi connectivity index (χ0v) is 12.3. The molecule has 1 unspecified atom stereocenters. The summed E-state index contributed by atoms with van der Waals surface area (Å²) in [5.74, 6) is -0.646. The first-order valence-corrected chi connectivity index (χ1v) is 7.04. The van der Waals surface area contributed by atoms with Gasteiger partial charge >= 0.3 is 0 Å². The number of halogens is 3. The third kappa shape index (κ3) is 3.30. The predicted molar refractivity (Wildman–Crippen MR) is 78.3 cm³/mol. The second-order valence-corrected chi connectivity index (χ2v) is 5.94. The molecular weight excluding hydrogens is 282 g/mol. The van der Waals surface area contributed by atoms with Gasteiger partial charge in [0.1, 0.15) is 11.6 Å². The van der Waals surface area contributed by atoms with Crippen molar-refractivity contribution < 1.29 is 8.78 Å². The molecule has 5 heteroatoms. The van der Waals surface area contributed by atoms with Gasteiger partial charge in [0.25, 0.3) is 0 Å². The molecule has 0 amide bonds. The lowest BCUT2D eigenvalue weighted by Gasteiger charge is -2.22. The molecule has 2 fully saturated rings. The molecule has 2 aliphatic rings. The van der Waals surface area contributed by atoms with E-state index < -0.39 is 0 Å². The fraction of sp³-hybridized carbons (Fsp3) is 0.600. The molecule has 1 aromatic carbocycles. The van der Waals surface area contributed by atoms with E-state index in [4.69, 9.17) is 0 Å². The maximum absolute atomic E-state index is 13.5. The van der Waals surface area contributed by atoms with E-state index >= 15 is 0 Å². The van der Waals surface area contributed by atoms with Crippen molar-refractivity contribution in [1.82, 2.24) is 10.2 Å². The smallest absolute Gasteiger partial charge is 0.126 e. The van der Waals surface area contributed by atoms with Crippen LogP contribution in [-0.4, -0.2) is 37.6 Å². The average Bonchev–Trinajstić information content (AvgIpc) is 3.02. The first kappa shape index (κ1) is 15.7. The maximum Gasteiger partial charge on any atom is 0.126 e. The summed E-state index contributed by atoms with van der Waals surface area (Å²) in [7, 11) is 0. The number of hydrogen-bond donors (Lipinski definition) is 1. The minimum absolute atomic E-state index is 0. The number of rotatable bonds is 3. The Morgan fingerprint density at radius 3 is 2.85 bits per heavy atom. The molecule has 2 aliphatic heterocycles. The van der Waals surface area contributed by atoms with Gasteiger partial charge in [0.2, 0.25) is 0 Å². The van der Waals surface area contributed by atoms with E-state index in [0.717, 1.165) is 32.7 Å². The van der Waals surface area contributed by atoms with Gasteiger partial charge in [-0.15, -0.1) is 12.4 Å². The second-order valence-electron chi connectivity index (χ2n) is 5.94. The molecular formula is C15H21ClF2N2. The summed E-state index contributed by atoms with van der Waals surface area (Å²) >= 11 is 0. The molecule has 2 nitrogen and oxygen atoms in total. The van der Waals surface area contributed by atoms with E-state index in [1.165, 1.54) is 31.0 Å². The zero-order chi connectivity index (χ0) is 13.3. The first-order valence-electron chi connectivity index (χ1n) is 7.04. The topological polar surface area (TPSA) is 15.3 Å². The second kappa shape index (κ2) is 6.37. The number of likely N-dealkylation sites (tertiary alicyclic amines) is 1. The maximum atomic E-state index is 13.5. The van der Waals surface area contributed by atoms with E-state index in [-0.39, 0.29) is 24.0 Å². The van der Waals surface area contributed by atoms with E-state index in [0.29, 0.717) is 17.4 Å². The van der Waals surface area contributed by atoms with Crippen LogP contribution in [0.5, 0.6) is 0 Å². The van der Waals surface area contributed by atoms with Crippen LogP contribution in [0.15, 0.2) is 18.2 Å². The highest BCUT2D eigenvalue weighted by Gasteiger charge is 2.39. The Hall–Kier alpha value is -0.710. The number of hydrogen-bond acceptors (Lipinski definition) is 2. The van der Waals surface area contributed by atoms with Crippen molar-refractivity contribution in [2.75, 3.05) is 32.7 Å². The summed E-state index contributed by atoms with van der Waals surface area (Å²) < 4.78 is 26.6. The van der Waals surface area contributed by atoms with Crippen molar-refractivity contribution in [2.24, 2.45) is 5.41 Å². The van der Waals surface area contributed by atoms with Gasteiger partial charge in [0.15, 0.2) is 0 Å². The highest BCUT2D eigenvalue weighted by atomic mass is 35.5. The summed E-state index contributed by atoms with van der Waals surface area (Å²) in [6, 6.07) is 3.71. The van der Waals surface area contributed by atoms with E-state index in [1.54, 1.807) is 0 Å². The molecule has 20 heavy (non-hydrogen) atoms.